The van der Waals surface area contributed by atoms with Gasteiger partial charge in [-0.1, -0.05) is 61.5 Å². The smallest absolute Gasteiger partial charge is 0.303 e. The Morgan fingerprint density at radius 1 is 1.00 bits per heavy atom. The molecule has 1 atom stereocenters. The van der Waals surface area contributed by atoms with Gasteiger partial charge in [0.25, 0.3) is 0 Å². The van der Waals surface area contributed by atoms with Crippen molar-refractivity contribution < 1.29 is 23.4 Å². The summed E-state index contributed by atoms with van der Waals surface area (Å²) in [7, 11) is -2.35. The number of hydrogen-bond donors (Lipinski definition) is 3. The quantitative estimate of drug-likeness (QED) is 0.199. The number of likely N-dealkylation sites (N-methyl/N-ethyl adjacent to an activating group) is 1. The molecule has 0 bridgehead atoms. The second kappa shape index (κ2) is 14.9. The van der Waals surface area contributed by atoms with Crippen LogP contribution in [-0.4, -0.2) is 60.7 Å². The summed E-state index contributed by atoms with van der Waals surface area (Å²) in [5, 5.41) is 23.3. The van der Waals surface area contributed by atoms with E-state index in [4.69, 9.17) is 0 Å². The number of carboxylic acid groups (broad SMARTS) is 1. The summed E-state index contributed by atoms with van der Waals surface area (Å²) in [4.78, 5) is 11.4. The van der Waals surface area contributed by atoms with Crippen molar-refractivity contribution in [3.8, 4) is 11.1 Å². The predicted octanol–water partition coefficient (Wildman–Crippen LogP) is 5.61. The minimum absolute atomic E-state index is 0.0242. The van der Waals surface area contributed by atoms with Crippen LogP contribution in [0, 0.1) is 6.92 Å². The zero-order valence-corrected chi connectivity index (χ0v) is 26.4. The topological polar surface area (TPSA) is 107 Å². The molecule has 3 aromatic rings. The van der Waals surface area contributed by atoms with Crippen molar-refractivity contribution in [1.82, 2.24) is 9.62 Å². The fourth-order valence-corrected chi connectivity index (χ4v) is 6.82. The molecule has 3 aromatic carbocycles. The molecule has 0 amide bonds. The van der Waals surface area contributed by atoms with E-state index in [0.717, 1.165) is 41.5 Å². The van der Waals surface area contributed by atoms with Gasteiger partial charge in [-0.15, -0.1) is 0 Å². The van der Waals surface area contributed by atoms with Crippen LogP contribution in [0.2, 0.25) is 0 Å². The van der Waals surface area contributed by atoms with E-state index in [1.807, 2.05) is 56.3 Å². The first-order valence-electron chi connectivity index (χ1n) is 14.7. The van der Waals surface area contributed by atoms with Crippen molar-refractivity contribution >= 4 is 16.0 Å². The Morgan fingerprint density at radius 3 is 2.38 bits per heavy atom. The van der Waals surface area contributed by atoms with Crippen LogP contribution >= 0.6 is 0 Å². The van der Waals surface area contributed by atoms with Gasteiger partial charge >= 0.3 is 5.97 Å². The minimum Gasteiger partial charge on any atom is -0.481 e. The number of sulfonamides is 1. The maximum atomic E-state index is 13.6. The second-order valence-electron chi connectivity index (χ2n) is 11.7. The lowest BCUT2D eigenvalue weighted by atomic mass is 9.91. The molecule has 0 spiro atoms. The standard InChI is InChI=1S/C34H46N2O5S/c1-6-27-22-29(33-25(2)12-10-16-28(33)18-20-32(38)39)17-19-31(27)42(40,41)36(5)24-30(37)23-35-34(3,4)21-11-15-26-13-8-7-9-14-26/h7-10,12-14,16-17,19,22,30,35,37H,6,11,15,18,20-21,23-24H2,1-5H3,(H,38,39)/t30-/m1/s1. The summed E-state index contributed by atoms with van der Waals surface area (Å²) in [5.41, 5.74) is 5.52. The summed E-state index contributed by atoms with van der Waals surface area (Å²) >= 11 is 0. The summed E-state index contributed by atoms with van der Waals surface area (Å²) in [6.45, 7) is 8.34. The highest BCUT2D eigenvalue weighted by Gasteiger charge is 2.27. The van der Waals surface area contributed by atoms with Gasteiger partial charge in [0.1, 0.15) is 0 Å². The largest absolute Gasteiger partial charge is 0.481 e. The van der Waals surface area contributed by atoms with Gasteiger partial charge in [-0.2, -0.15) is 4.31 Å². The molecule has 0 aliphatic rings. The predicted molar refractivity (Wildman–Crippen MR) is 169 cm³/mol. The van der Waals surface area contributed by atoms with Crippen LogP contribution in [0.3, 0.4) is 0 Å². The van der Waals surface area contributed by atoms with E-state index in [1.165, 1.54) is 16.9 Å². The van der Waals surface area contributed by atoms with Gasteiger partial charge in [0.2, 0.25) is 10.0 Å². The molecule has 0 saturated heterocycles. The molecule has 42 heavy (non-hydrogen) atoms. The number of carboxylic acids is 1. The van der Waals surface area contributed by atoms with Crippen molar-refractivity contribution in [3.63, 3.8) is 0 Å². The first kappa shape index (κ1) is 33.5. The van der Waals surface area contributed by atoms with Crippen LogP contribution in [-0.2, 0) is 34.1 Å². The van der Waals surface area contributed by atoms with Gasteiger partial charge in [-0.3, -0.25) is 4.79 Å². The van der Waals surface area contributed by atoms with Crippen LogP contribution in [0.25, 0.3) is 11.1 Å². The second-order valence-corrected chi connectivity index (χ2v) is 13.7. The number of aliphatic hydroxyl groups excluding tert-OH is 1. The van der Waals surface area contributed by atoms with Crippen LogP contribution in [0.4, 0.5) is 0 Å². The molecule has 7 nitrogen and oxygen atoms in total. The molecule has 0 radical (unpaired) electrons. The van der Waals surface area contributed by atoms with Crippen molar-refractivity contribution in [1.29, 1.82) is 0 Å². The molecule has 3 rings (SSSR count). The van der Waals surface area contributed by atoms with E-state index in [2.05, 4.69) is 31.3 Å². The average Bonchev–Trinajstić information content (AvgIpc) is 2.95. The van der Waals surface area contributed by atoms with Crippen molar-refractivity contribution in [2.24, 2.45) is 0 Å². The lowest BCUT2D eigenvalue weighted by molar-refractivity contribution is -0.136. The normalized spacial score (nSPS) is 12.9. The third-order valence-electron chi connectivity index (χ3n) is 7.78. The van der Waals surface area contributed by atoms with Gasteiger partial charge in [-0.05, 0) is 98.4 Å². The molecule has 0 unspecified atom stereocenters. The van der Waals surface area contributed by atoms with E-state index >= 15 is 0 Å². The van der Waals surface area contributed by atoms with Crippen LogP contribution in [0.5, 0.6) is 0 Å². The zero-order valence-electron chi connectivity index (χ0n) is 25.6. The molecular formula is C34H46N2O5S. The molecule has 0 aromatic heterocycles. The molecule has 3 N–H and O–H groups in total. The first-order valence-corrected chi connectivity index (χ1v) is 16.1. The lowest BCUT2D eigenvalue weighted by Gasteiger charge is -2.29. The number of rotatable bonds is 16. The number of nitrogens with one attached hydrogen (secondary N) is 1. The van der Waals surface area contributed by atoms with E-state index in [1.54, 1.807) is 12.1 Å². The number of nitrogens with zero attached hydrogens (tertiary/aromatic N) is 1. The Kier molecular flexibility index (Phi) is 11.9. The maximum Gasteiger partial charge on any atom is 0.303 e. The number of β-amino-alcohol motifs (C(OH)–C–C–N with tert-alkyl or cyclic N) is 1. The SMILES string of the molecule is CCc1cc(-c2c(C)cccc2CCC(=O)O)ccc1S(=O)(=O)N(C)C[C@H](O)CNC(C)(C)CCCc1ccccc1. The summed E-state index contributed by atoms with van der Waals surface area (Å²) in [6.07, 6.45) is 2.98. The fraction of sp³-hybridized carbons (Fsp3) is 0.441. The third-order valence-corrected chi connectivity index (χ3v) is 9.70. The van der Waals surface area contributed by atoms with Gasteiger partial charge in [-0.25, -0.2) is 8.42 Å². The minimum atomic E-state index is -3.85. The highest BCUT2D eigenvalue weighted by molar-refractivity contribution is 7.89. The van der Waals surface area contributed by atoms with Gasteiger partial charge in [0.05, 0.1) is 11.0 Å². The molecule has 0 saturated carbocycles. The summed E-state index contributed by atoms with van der Waals surface area (Å²) < 4.78 is 28.4. The zero-order chi connectivity index (χ0) is 30.9. The van der Waals surface area contributed by atoms with Gasteiger partial charge in [0.15, 0.2) is 0 Å². The number of carbonyl (C=O) groups is 1. The lowest BCUT2D eigenvalue weighted by Crippen LogP contribution is -2.46. The highest BCUT2D eigenvalue weighted by Crippen LogP contribution is 2.32. The van der Waals surface area contributed by atoms with Gasteiger partial charge < -0.3 is 15.5 Å². The number of aryl methyl sites for hydroxylation is 4. The van der Waals surface area contributed by atoms with E-state index in [9.17, 15) is 23.4 Å². The van der Waals surface area contributed by atoms with Crippen molar-refractivity contribution in [2.75, 3.05) is 20.1 Å². The third kappa shape index (κ3) is 9.23. The Bertz CT molecular complexity index is 1440. The maximum absolute atomic E-state index is 13.6. The average molecular weight is 595 g/mol. The van der Waals surface area contributed by atoms with Crippen molar-refractivity contribution in [2.45, 2.75) is 82.8 Å². The van der Waals surface area contributed by atoms with E-state index in [-0.39, 0.29) is 29.9 Å². The number of aliphatic carboxylic acids is 1. The van der Waals surface area contributed by atoms with Crippen LogP contribution in [0.1, 0.15) is 62.3 Å². The monoisotopic (exact) mass is 594 g/mol. The Balaban J connectivity index is 1.67. The Morgan fingerprint density at radius 2 is 1.71 bits per heavy atom. The molecule has 228 valence electrons. The Hall–Kier alpha value is -3.04. The number of aliphatic hydroxyl groups is 1. The Labute approximate surface area is 251 Å². The summed E-state index contributed by atoms with van der Waals surface area (Å²) in [6, 6.07) is 21.5. The summed E-state index contributed by atoms with van der Waals surface area (Å²) in [5.74, 6) is -0.856. The molecule has 0 aliphatic carbocycles. The fourth-order valence-electron chi connectivity index (χ4n) is 5.34. The number of hydrogen-bond acceptors (Lipinski definition) is 5. The van der Waals surface area contributed by atoms with Gasteiger partial charge in [0, 0.05) is 32.1 Å². The highest BCUT2D eigenvalue weighted by atomic mass is 32.2. The number of benzene rings is 3. The van der Waals surface area contributed by atoms with Crippen LogP contribution in [0.15, 0.2) is 71.6 Å². The molecule has 0 aliphatic heterocycles. The van der Waals surface area contributed by atoms with E-state index in [0.29, 0.717) is 18.4 Å². The van der Waals surface area contributed by atoms with E-state index < -0.39 is 22.1 Å². The van der Waals surface area contributed by atoms with Crippen LogP contribution < -0.4 is 5.32 Å². The molecule has 0 heterocycles. The molecular weight excluding hydrogens is 548 g/mol. The first-order chi connectivity index (χ1) is 19.8. The van der Waals surface area contributed by atoms with Crippen molar-refractivity contribution in [3.05, 3.63) is 89.0 Å². The molecule has 8 heteroatoms. The molecule has 0 fully saturated rings.